The normalized spacial score (nSPS) is 12.8. The van der Waals surface area contributed by atoms with Gasteiger partial charge >= 0.3 is 0 Å². The SMILES string of the molecule is Brc1cc2c(cc1CSc1nnc(-c3c[nH]c4ccccc34)o1)OCO2. The lowest BCUT2D eigenvalue weighted by Crippen LogP contribution is -1.92. The Morgan fingerprint density at radius 3 is 2.88 bits per heavy atom. The first-order valence-electron chi connectivity index (χ1n) is 7.89. The van der Waals surface area contributed by atoms with E-state index in [0.29, 0.717) is 16.9 Å². The number of fused-ring (bicyclic) bond motifs is 2. The van der Waals surface area contributed by atoms with E-state index in [2.05, 4.69) is 31.1 Å². The first kappa shape index (κ1) is 15.8. The first-order chi connectivity index (χ1) is 12.8. The number of halogens is 1. The quantitative estimate of drug-likeness (QED) is 0.460. The molecule has 5 rings (SSSR count). The number of thioether (sulfide) groups is 1. The zero-order valence-corrected chi connectivity index (χ0v) is 15.8. The van der Waals surface area contributed by atoms with E-state index < -0.39 is 0 Å². The van der Waals surface area contributed by atoms with Gasteiger partial charge in [0, 0.05) is 27.3 Å². The minimum atomic E-state index is 0.260. The Hall–Kier alpha value is -2.45. The molecule has 0 unspecified atom stereocenters. The molecule has 4 aromatic rings. The second-order valence-electron chi connectivity index (χ2n) is 5.71. The summed E-state index contributed by atoms with van der Waals surface area (Å²) in [6, 6.07) is 11.9. The van der Waals surface area contributed by atoms with Crippen molar-refractivity contribution in [1.29, 1.82) is 0 Å². The highest BCUT2D eigenvalue weighted by Crippen LogP contribution is 2.39. The molecule has 0 saturated heterocycles. The van der Waals surface area contributed by atoms with Gasteiger partial charge in [-0.25, -0.2) is 0 Å². The zero-order valence-electron chi connectivity index (χ0n) is 13.4. The van der Waals surface area contributed by atoms with Crippen molar-refractivity contribution < 1.29 is 13.9 Å². The molecule has 0 amide bonds. The number of hydrogen-bond donors (Lipinski definition) is 1. The largest absolute Gasteiger partial charge is 0.454 e. The lowest BCUT2D eigenvalue weighted by molar-refractivity contribution is 0.174. The summed E-state index contributed by atoms with van der Waals surface area (Å²) < 4.78 is 17.6. The molecule has 0 spiro atoms. The van der Waals surface area contributed by atoms with E-state index in [1.807, 2.05) is 42.6 Å². The van der Waals surface area contributed by atoms with Crippen LogP contribution in [-0.2, 0) is 5.75 Å². The van der Waals surface area contributed by atoms with Crippen molar-refractivity contribution in [2.75, 3.05) is 6.79 Å². The summed E-state index contributed by atoms with van der Waals surface area (Å²) in [6.07, 6.45) is 1.89. The molecular formula is C18H12BrN3O3S. The van der Waals surface area contributed by atoms with E-state index in [4.69, 9.17) is 13.9 Å². The summed E-state index contributed by atoms with van der Waals surface area (Å²) in [6.45, 7) is 0.260. The molecule has 0 atom stereocenters. The number of ether oxygens (including phenoxy) is 2. The van der Waals surface area contributed by atoms with Gasteiger partial charge in [0.2, 0.25) is 6.79 Å². The van der Waals surface area contributed by atoms with Gasteiger partial charge in [0.25, 0.3) is 11.1 Å². The molecule has 1 aliphatic rings. The molecule has 26 heavy (non-hydrogen) atoms. The smallest absolute Gasteiger partial charge is 0.277 e. The van der Waals surface area contributed by atoms with E-state index in [0.717, 1.165) is 38.0 Å². The second kappa shape index (κ2) is 6.37. The van der Waals surface area contributed by atoms with Gasteiger partial charge in [-0.2, -0.15) is 0 Å². The number of aromatic nitrogens is 3. The van der Waals surface area contributed by atoms with Crippen LogP contribution < -0.4 is 9.47 Å². The van der Waals surface area contributed by atoms with Crippen LogP contribution >= 0.6 is 27.7 Å². The predicted octanol–water partition coefficient (Wildman–Crippen LogP) is 5.00. The lowest BCUT2D eigenvalue weighted by Gasteiger charge is -2.04. The molecule has 0 fully saturated rings. The first-order valence-corrected chi connectivity index (χ1v) is 9.66. The zero-order chi connectivity index (χ0) is 17.5. The molecule has 6 nitrogen and oxygen atoms in total. The summed E-state index contributed by atoms with van der Waals surface area (Å²) in [4.78, 5) is 3.22. The van der Waals surface area contributed by atoms with Crippen molar-refractivity contribution in [3.8, 4) is 23.0 Å². The Balaban J connectivity index is 1.37. The second-order valence-corrected chi connectivity index (χ2v) is 7.49. The average molecular weight is 430 g/mol. The summed E-state index contributed by atoms with van der Waals surface area (Å²) in [5.41, 5.74) is 3.02. The molecule has 2 aromatic carbocycles. The Morgan fingerprint density at radius 2 is 1.96 bits per heavy atom. The van der Waals surface area contributed by atoms with Gasteiger partial charge in [0.05, 0.1) is 5.56 Å². The third kappa shape index (κ3) is 2.75. The van der Waals surface area contributed by atoms with Crippen molar-refractivity contribution >= 4 is 38.6 Å². The lowest BCUT2D eigenvalue weighted by atomic mass is 10.2. The number of H-pyrrole nitrogens is 1. The van der Waals surface area contributed by atoms with E-state index in [9.17, 15) is 0 Å². The Kier molecular flexibility index (Phi) is 3.86. The molecule has 0 radical (unpaired) electrons. The number of rotatable bonds is 4. The maximum atomic E-state index is 5.84. The van der Waals surface area contributed by atoms with Crippen molar-refractivity contribution in [3.05, 3.63) is 52.6 Å². The maximum Gasteiger partial charge on any atom is 0.277 e. The molecule has 0 saturated carbocycles. The molecule has 1 aliphatic heterocycles. The third-order valence-corrected chi connectivity index (χ3v) is 5.72. The van der Waals surface area contributed by atoms with Crippen LogP contribution in [0.3, 0.4) is 0 Å². The van der Waals surface area contributed by atoms with E-state index in [1.54, 1.807) is 0 Å². The van der Waals surface area contributed by atoms with Gasteiger partial charge in [-0.3, -0.25) is 0 Å². The number of hydrogen-bond acceptors (Lipinski definition) is 6. The maximum absolute atomic E-state index is 5.84. The fraction of sp³-hybridized carbons (Fsp3) is 0.111. The molecular weight excluding hydrogens is 418 g/mol. The molecule has 2 aromatic heterocycles. The van der Waals surface area contributed by atoms with Crippen LogP contribution in [0.2, 0.25) is 0 Å². The minimum Gasteiger partial charge on any atom is -0.454 e. The van der Waals surface area contributed by atoms with E-state index in [1.165, 1.54) is 11.8 Å². The third-order valence-electron chi connectivity index (χ3n) is 4.12. The number of nitrogens with zero attached hydrogens (tertiary/aromatic N) is 2. The number of nitrogens with one attached hydrogen (secondary N) is 1. The number of benzene rings is 2. The minimum absolute atomic E-state index is 0.260. The van der Waals surface area contributed by atoms with Gasteiger partial charge in [-0.1, -0.05) is 45.9 Å². The predicted molar refractivity (Wildman–Crippen MR) is 101 cm³/mol. The molecule has 8 heteroatoms. The Labute approximate surface area is 161 Å². The standard InChI is InChI=1S/C18H12BrN3O3S/c19-13-6-16-15(23-9-24-16)5-10(13)8-26-18-22-21-17(25-18)12-7-20-14-4-2-1-3-11(12)14/h1-7,20H,8-9H2. The van der Waals surface area contributed by atoms with Crippen molar-refractivity contribution in [2.45, 2.75) is 11.0 Å². The van der Waals surface area contributed by atoms with Crippen LogP contribution in [0.15, 0.2) is 56.7 Å². The molecule has 0 aliphatic carbocycles. The fourth-order valence-electron chi connectivity index (χ4n) is 2.83. The summed E-state index contributed by atoms with van der Waals surface area (Å²) >= 11 is 5.05. The topological polar surface area (TPSA) is 73.2 Å². The van der Waals surface area contributed by atoms with E-state index >= 15 is 0 Å². The number of para-hydroxylation sites is 1. The molecule has 3 heterocycles. The van der Waals surface area contributed by atoms with Crippen LogP contribution in [0.1, 0.15) is 5.56 Å². The summed E-state index contributed by atoms with van der Waals surface area (Å²) in [7, 11) is 0. The Bertz CT molecular complexity index is 1110. The van der Waals surface area contributed by atoms with Gasteiger partial charge in [0.15, 0.2) is 11.5 Å². The van der Waals surface area contributed by atoms with Crippen molar-refractivity contribution in [1.82, 2.24) is 15.2 Å². The van der Waals surface area contributed by atoms with Crippen LogP contribution in [0.4, 0.5) is 0 Å². The monoisotopic (exact) mass is 429 g/mol. The average Bonchev–Trinajstić information content (AvgIpc) is 3.38. The number of aromatic amines is 1. The van der Waals surface area contributed by atoms with Gasteiger partial charge in [-0.05, 0) is 23.8 Å². The van der Waals surface area contributed by atoms with Crippen molar-refractivity contribution in [3.63, 3.8) is 0 Å². The highest BCUT2D eigenvalue weighted by molar-refractivity contribution is 9.10. The fourth-order valence-corrected chi connectivity index (χ4v) is 4.24. The van der Waals surface area contributed by atoms with E-state index in [-0.39, 0.29) is 6.79 Å². The molecule has 130 valence electrons. The van der Waals surface area contributed by atoms with Gasteiger partial charge < -0.3 is 18.9 Å². The molecule has 0 bridgehead atoms. The molecule has 1 N–H and O–H groups in total. The van der Waals surface area contributed by atoms with Crippen LogP contribution in [-0.4, -0.2) is 22.0 Å². The highest BCUT2D eigenvalue weighted by Gasteiger charge is 2.18. The van der Waals surface area contributed by atoms with Crippen LogP contribution in [0.25, 0.3) is 22.4 Å². The van der Waals surface area contributed by atoms with Gasteiger partial charge in [0.1, 0.15) is 0 Å². The summed E-state index contributed by atoms with van der Waals surface area (Å²) in [5, 5.41) is 9.93. The Morgan fingerprint density at radius 1 is 1.12 bits per heavy atom. The van der Waals surface area contributed by atoms with Crippen LogP contribution in [0.5, 0.6) is 11.5 Å². The highest BCUT2D eigenvalue weighted by atomic mass is 79.9. The van der Waals surface area contributed by atoms with Crippen LogP contribution in [0, 0.1) is 0 Å². The summed E-state index contributed by atoms with van der Waals surface area (Å²) in [5.74, 6) is 2.70. The van der Waals surface area contributed by atoms with Crippen molar-refractivity contribution in [2.24, 2.45) is 0 Å². The van der Waals surface area contributed by atoms with Gasteiger partial charge in [-0.15, -0.1) is 10.2 Å².